The summed E-state index contributed by atoms with van der Waals surface area (Å²) in [7, 11) is 0. The fourth-order valence-electron chi connectivity index (χ4n) is 3.46. The van der Waals surface area contributed by atoms with Crippen LogP contribution in [0.5, 0.6) is 0 Å². The van der Waals surface area contributed by atoms with Gasteiger partial charge in [0.2, 0.25) is 5.91 Å². The Bertz CT molecular complexity index is 1170. The van der Waals surface area contributed by atoms with E-state index in [0.29, 0.717) is 46.7 Å². The third-order valence-corrected chi connectivity index (χ3v) is 6.12. The minimum atomic E-state index is -2.61. The molecule has 3 rings (SSSR count). The predicted molar refractivity (Wildman–Crippen MR) is 130 cm³/mol. The molecule has 0 fully saturated rings. The van der Waals surface area contributed by atoms with Gasteiger partial charge in [-0.2, -0.15) is 0 Å². The molecule has 8 nitrogen and oxygen atoms in total. The third kappa shape index (κ3) is 5.79. The minimum absolute atomic E-state index is 0.0622. The molecule has 10 heteroatoms. The van der Waals surface area contributed by atoms with Crippen LogP contribution in [0.15, 0.2) is 42.5 Å². The molecular weight excluding hydrogens is 462 g/mol. The first kappa shape index (κ1) is 24.9. The fraction of sp³-hybridized carbons (Fsp3) is 0.348. The van der Waals surface area contributed by atoms with Crippen molar-refractivity contribution in [3.8, 4) is 11.4 Å². The molecule has 176 valence electrons. The van der Waals surface area contributed by atoms with Crippen LogP contribution in [0.2, 0.25) is 5.02 Å². The van der Waals surface area contributed by atoms with Gasteiger partial charge >= 0.3 is 0 Å². The van der Waals surface area contributed by atoms with Gasteiger partial charge in [-0.15, -0.1) is 10.2 Å². The molecule has 0 spiro atoms. The molecular formula is C23H27ClN5O3S-. The number of nitrogens with one attached hydrogen (secondary N) is 1. The number of halogens is 1. The van der Waals surface area contributed by atoms with Gasteiger partial charge in [-0.05, 0) is 48.2 Å². The number of benzene rings is 2. The van der Waals surface area contributed by atoms with Crippen molar-refractivity contribution in [2.45, 2.75) is 46.6 Å². The maximum atomic E-state index is 12.4. The molecule has 0 saturated heterocycles. The lowest BCUT2D eigenvalue weighted by Gasteiger charge is -2.29. The van der Waals surface area contributed by atoms with E-state index in [0.717, 1.165) is 5.56 Å². The van der Waals surface area contributed by atoms with Gasteiger partial charge in [0.1, 0.15) is 5.82 Å². The Morgan fingerprint density at radius 3 is 2.42 bits per heavy atom. The standard InChI is InChI=1S/C23H28ClN5O3S/c1-15-26-27-22(28(15)13-12-25-16(2)30)20-14-18(24)8-11-21(20)29(33(31)32)19-9-6-17(7-10-19)23(3,4)5/h6-11,14H,12-13H2,1-5H3,(H,25,30)(H,31,32)/p-1. The van der Waals surface area contributed by atoms with Gasteiger partial charge in [0.15, 0.2) is 5.82 Å². The zero-order valence-electron chi connectivity index (χ0n) is 19.3. The highest BCUT2D eigenvalue weighted by atomic mass is 35.5. The van der Waals surface area contributed by atoms with Crippen molar-refractivity contribution in [1.29, 1.82) is 0 Å². The van der Waals surface area contributed by atoms with Crippen molar-refractivity contribution in [3.05, 3.63) is 58.9 Å². The summed E-state index contributed by atoms with van der Waals surface area (Å²) in [6.45, 7) is 10.3. The molecule has 1 atom stereocenters. The van der Waals surface area contributed by atoms with Crippen molar-refractivity contribution in [3.63, 3.8) is 0 Å². The summed E-state index contributed by atoms with van der Waals surface area (Å²) >= 11 is 3.68. The minimum Gasteiger partial charge on any atom is -0.755 e. The maximum Gasteiger partial charge on any atom is 0.216 e. The lowest BCUT2D eigenvalue weighted by Crippen LogP contribution is -2.25. The van der Waals surface area contributed by atoms with Gasteiger partial charge in [-0.25, -0.2) is 0 Å². The van der Waals surface area contributed by atoms with Crippen LogP contribution in [0.1, 0.15) is 39.1 Å². The molecule has 1 aromatic heterocycles. The Kier molecular flexibility index (Phi) is 7.56. The first-order valence-electron chi connectivity index (χ1n) is 10.4. The highest BCUT2D eigenvalue weighted by Gasteiger charge is 2.22. The monoisotopic (exact) mass is 488 g/mol. The molecule has 3 aromatic rings. The van der Waals surface area contributed by atoms with Crippen LogP contribution in [-0.2, 0) is 28.0 Å². The summed E-state index contributed by atoms with van der Waals surface area (Å²) in [6, 6.07) is 12.3. The van der Waals surface area contributed by atoms with Gasteiger partial charge in [-0.3, -0.25) is 13.3 Å². The van der Waals surface area contributed by atoms with E-state index in [4.69, 9.17) is 11.6 Å². The molecule has 1 N–H and O–H groups in total. The normalized spacial score (nSPS) is 12.5. The number of anilines is 2. The van der Waals surface area contributed by atoms with E-state index < -0.39 is 11.3 Å². The highest BCUT2D eigenvalue weighted by Crippen LogP contribution is 2.38. The van der Waals surface area contributed by atoms with Gasteiger partial charge in [-0.1, -0.05) is 44.5 Å². The average molecular weight is 489 g/mol. The number of hydrogen-bond donors (Lipinski definition) is 1. The zero-order valence-corrected chi connectivity index (χ0v) is 20.8. The van der Waals surface area contributed by atoms with E-state index in [9.17, 15) is 13.6 Å². The largest absolute Gasteiger partial charge is 0.755 e. The van der Waals surface area contributed by atoms with Gasteiger partial charge < -0.3 is 14.4 Å². The van der Waals surface area contributed by atoms with Crippen molar-refractivity contribution < 1.29 is 13.6 Å². The maximum absolute atomic E-state index is 12.4. The number of aromatic nitrogens is 3. The summed E-state index contributed by atoms with van der Waals surface area (Å²) in [5.74, 6) is 0.945. The topological polar surface area (TPSA) is 103 Å². The van der Waals surface area contributed by atoms with Gasteiger partial charge in [0.25, 0.3) is 0 Å². The second-order valence-corrected chi connectivity index (χ2v) is 9.91. The SMILES string of the molecule is CC(=O)NCCn1c(C)nnc1-c1cc(Cl)ccc1N(c1ccc(C(C)(C)C)cc1)S(=O)[O-]. The van der Waals surface area contributed by atoms with E-state index in [1.54, 1.807) is 37.3 Å². The molecule has 0 saturated carbocycles. The van der Waals surface area contributed by atoms with E-state index in [1.165, 1.54) is 11.2 Å². The average Bonchev–Trinajstić information content (AvgIpc) is 3.09. The van der Waals surface area contributed by atoms with Crippen LogP contribution in [0.4, 0.5) is 11.4 Å². The summed E-state index contributed by atoms with van der Waals surface area (Å²) in [6.07, 6.45) is 0. The number of carbonyl (C=O) groups is 1. The number of hydrogen-bond acceptors (Lipinski definition) is 5. The Labute approximate surface area is 201 Å². The van der Waals surface area contributed by atoms with Crippen LogP contribution in [-0.4, -0.2) is 36.0 Å². The Balaban J connectivity index is 2.10. The van der Waals surface area contributed by atoms with Crippen LogP contribution >= 0.6 is 11.6 Å². The lowest BCUT2D eigenvalue weighted by molar-refractivity contribution is -0.118. The molecule has 0 aliphatic heterocycles. The summed E-state index contributed by atoms with van der Waals surface area (Å²) in [5.41, 5.74) is 2.42. The van der Waals surface area contributed by atoms with E-state index >= 15 is 0 Å². The first-order chi connectivity index (χ1) is 15.5. The quantitative estimate of drug-likeness (QED) is 0.500. The Morgan fingerprint density at radius 2 is 1.85 bits per heavy atom. The molecule has 1 heterocycles. The molecule has 0 radical (unpaired) electrons. The van der Waals surface area contributed by atoms with Crippen LogP contribution in [0.3, 0.4) is 0 Å². The van der Waals surface area contributed by atoms with Crippen molar-refractivity contribution in [2.75, 3.05) is 10.8 Å². The van der Waals surface area contributed by atoms with Gasteiger partial charge in [0.05, 0.1) is 22.6 Å². The third-order valence-electron chi connectivity index (χ3n) is 5.18. The number of nitrogens with zero attached hydrogens (tertiary/aromatic N) is 4. The predicted octanol–water partition coefficient (Wildman–Crippen LogP) is 4.27. The fourth-order valence-corrected chi connectivity index (χ4v) is 4.24. The molecule has 0 aliphatic carbocycles. The number of carbonyl (C=O) groups excluding carboxylic acids is 1. The number of rotatable bonds is 7. The smallest absolute Gasteiger partial charge is 0.216 e. The zero-order chi connectivity index (χ0) is 24.3. The highest BCUT2D eigenvalue weighted by molar-refractivity contribution is 7.81. The van der Waals surface area contributed by atoms with E-state index in [-0.39, 0.29) is 11.3 Å². The second kappa shape index (κ2) is 10.0. The van der Waals surface area contributed by atoms with Crippen LogP contribution in [0, 0.1) is 6.92 Å². The number of aryl methyl sites for hydroxylation is 1. The summed E-state index contributed by atoms with van der Waals surface area (Å²) < 4.78 is 27.8. The summed E-state index contributed by atoms with van der Waals surface area (Å²) in [5, 5.41) is 11.6. The number of amides is 1. The molecule has 0 bridgehead atoms. The molecule has 1 unspecified atom stereocenters. The van der Waals surface area contributed by atoms with Gasteiger partial charge in [0, 0.05) is 30.6 Å². The van der Waals surface area contributed by atoms with Crippen LogP contribution in [0.25, 0.3) is 11.4 Å². The lowest BCUT2D eigenvalue weighted by atomic mass is 9.87. The van der Waals surface area contributed by atoms with E-state index in [1.807, 2.05) is 16.7 Å². The van der Waals surface area contributed by atoms with Crippen molar-refractivity contribution in [2.24, 2.45) is 0 Å². The van der Waals surface area contributed by atoms with E-state index in [2.05, 4.69) is 36.3 Å². The molecule has 33 heavy (non-hydrogen) atoms. The first-order valence-corrected chi connectivity index (χ1v) is 11.8. The molecule has 0 aliphatic rings. The Morgan fingerprint density at radius 1 is 1.18 bits per heavy atom. The summed E-state index contributed by atoms with van der Waals surface area (Å²) in [4.78, 5) is 11.3. The van der Waals surface area contributed by atoms with Crippen molar-refractivity contribution >= 4 is 40.1 Å². The second-order valence-electron chi connectivity index (χ2n) is 8.68. The van der Waals surface area contributed by atoms with Crippen LogP contribution < -0.4 is 9.62 Å². The molecule has 1 amide bonds. The Hall–Kier alpha value is -2.75. The molecule has 2 aromatic carbocycles. The van der Waals surface area contributed by atoms with Crippen molar-refractivity contribution in [1.82, 2.24) is 20.1 Å².